The third-order valence-corrected chi connectivity index (χ3v) is 2.85. The number of allylic oxidation sites excluding steroid dienone is 4. The van der Waals surface area contributed by atoms with Crippen molar-refractivity contribution in [2.75, 3.05) is 0 Å². The summed E-state index contributed by atoms with van der Waals surface area (Å²) in [6.07, 6.45) is 4.33. The van der Waals surface area contributed by atoms with E-state index in [0.717, 1.165) is 15.9 Å². The van der Waals surface area contributed by atoms with Gasteiger partial charge in [-0.15, -0.1) is 37.8 Å². The van der Waals surface area contributed by atoms with E-state index in [1.165, 1.54) is 16.7 Å². The predicted molar refractivity (Wildman–Crippen MR) is 97.4 cm³/mol. The molecule has 5 heteroatoms. The second kappa shape index (κ2) is 20.0. The summed E-state index contributed by atoms with van der Waals surface area (Å²) in [5, 5.41) is 0. The minimum absolute atomic E-state index is 0. The maximum atomic E-state index is 6.83. The zero-order chi connectivity index (χ0) is 14.0. The van der Waals surface area contributed by atoms with Crippen LogP contribution in [0.1, 0.15) is 48.0 Å². The molecule has 1 radical (unpaired) electrons. The van der Waals surface area contributed by atoms with Crippen LogP contribution in [0.25, 0.3) is 5.73 Å². The van der Waals surface area contributed by atoms with Crippen LogP contribution in [0.2, 0.25) is 13.1 Å². The Morgan fingerprint density at radius 2 is 1.50 bits per heavy atom. The molecule has 0 aliphatic heterocycles. The van der Waals surface area contributed by atoms with Crippen molar-refractivity contribution in [1.29, 1.82) is 0 Å². The maximum Gasteiger partial charge on any atom is 2.00 e. The third-order valence-electron chi connectivity index (χ3n) is 2.85. The van der Waals surface area contributed by atoms with Gasteiger partial charge in [-0.3, -0.25) is 6.08 Å². The van der Waals surface area contributed by atoms with E-state index in [-0.39, 0.29) is 52.6 Å². The summed E-state index contributed by atoms with van der Waals surface area (Å²) < 4.78 is 0. The summed E-state index contributed by atoms with van der Waals surface area (Å²) in [5.74, 6) is 0.560. The number of hydrogen-bond acceptors (Lipinski definition) is 0. The molecule has 0 aromatic carbocycles. The molecule has 0 spiro atoms. The average Bonchev–Trinajstić information content (AvgIpc) is 2.48. The van der Waals surface area contributed by atoms with Crippen LogP contribution in [-0.2, 0) is 21.7 Å². The Labute approximate surface area is 157 Å². The van der Waals surface area contributed by atoms with Crippen LogP contribution in [0.4, 0.5) is 0 Å². The molecule has 0 heterocycles. The molecule has 1 rings (SSSR count). The summed E-state index contributed by atoms with van der Waals surface area (Å²) in [4.78, 5) is 0. The molecule has 0 saturated heterocycles. The number of nitrogens with one attached hydrogen (secondary N) is 1. The monoisotopic (exact) mass is 372 g/mol. The molecular weight excluding hydrogens is 341 g/mol. The molecule has 2 atom stereocenters. The normalized spacial score (nSPS) is 16.9. The molecule has 1 nitrogen and oxygen atoms in total. The van der Waals surface area contributed by atoms with Crippen molar-refractivity contribution in [2.24, 2.45) is 5.92 Å². The van der Waals surface area contributed by atoms with Gasteiger partial charge in [0.2, 0.25) is 0 Å². The Balaban J connectivity index is -0.0000000601. The average molecular weight is 373 g/mol. The van der Waals surface area contributed by atoms with Gasteiger partial charge in [0.1, 0.15) is 0 Å². The van der Waals surface area contributed by atoms with E-state index in [9.17, 15) is 0 Å². The van der Waals surface area contributed by atoms with Crippen LogP contribution in [0, 0.1) is 12.0 Å². The van der Waals surface area contributed by atoms with Gasteiger partial charge in [0.15, 0.2) is 0 Å². The van der Waals surface area contributed by atoms with Gasteiger partial charge in [-0.2, -0.15) is 11.1 Å². The Hall–Kier alpha value is 0.951. The zero-order valence-corrected chi connectivity index (χ0v) is 18.6. The molecule has 0 aromatic heterocycles. The van der Waals surface area contributed by atoms with Crippen LogP contribution >= 0.6 is 24.8 Å². The minimum atomic E-state index is 0. The first-order valence-electron chi connectivity index (χ1n) is 6.54. The van der Waals surface area contributed by atoms with Gasteiger partial charge in [-0.25, -0.2) is 5.57 Å². The van der Waals surface area contributed by atoms with E-state index in [0.29, 0.717) is 5.92 Å². The molecule has 1 N–H and O–H groups in total. The first-order chi connectivity index (χ1) is 7.81. The van der Waals surface area contributed by atoms with Gasteiger partial charge in [0.05, 0.1) is 0 Å². The molecule has 0 aromatic rings. The molecule has 0 bridgehead atoms. The van der Waals surface area contributed by atoms with Gasteiger partial charge in [-0.1, -0.05) is 60.1 Å². The largest absolute Gasteiger partial charge is 2.00 e. The Morgan fingerprint density at radius 3 is 1.55 bits per heavy atom. The van der Waals surface area contributed by atoms with Crippen LogP contribution in [0.3, 0.4) is 0 Å². The maximum absolute atomic E-state index is 6.83. The van der Waals surface area contributed by atoms with Gasteiger partial charge < -0.3 is 5.73 Å². The number of rotatable bonds is 1. The van der Waals surface area contributed by atoms with E-state index in [1.54, 1.807) is 0 Å². The molecule has 119 valence electrons. The number of hydrogen-bond donors (Lipinski definition) is 0. The first-order valence-corrected chi connectivity index (χ1v) is 8.85. The van der Waals surface area contributed by atoms with Crippen molar-refractivity contribution in [3.8, 4) is 0 Å². The van der Waals surface area contributed by atoms with Crippen molar-refractivity contribution < 1.29 is 21.7 Å². The van der Waals surface area contributed by atoms with Crippen molar-refractivity contribution in [3.63, 3.8) is 0 Å². The fourth-order valence-electron chi connectivity index (χ4n) is 1.16. The molecule has 0 fully saturated rings. The Morgan fingerprint density at radius 1 is 1.20 bits per heavy atom. The van der Waals surface area contributed by atoms with Crippen LogP contribution < -0.4 is 0 Å². The second-order valence-corrected chi connectivity index (χ2v) is 5.84. The SMILES string of the molecule is CC1=[C-]C(C)C(C)=C1C.CCC(C)[NH-].C[SiH]C.Cl.Cl.[Ti+2]. The molecule has 1 aliphatic rings. The van der Waals surface area contributed by atoms with Crippen molar-refractivity contribution in [2.45, 2.75) is 67.1 Å². The summed E-state index contributed by atoms with van der Waals surface area (Å²) in [6, 6.07) is 0.134. The smallest absolute Gasteiger partial charge is 0.675 e. The van der Waals surface area contributed by atoms with E-state index in [4.69, 9.17) is 5.73 Å². The third kappa shape index (κ3) is 17.0. The standard InChI is InChI=1S/C9H13.C4H10N.C2H7Si.2ClH.Ti/c1-6-5-7(2)9(4)8(6)3;1-3-4(2)5;1-3-2;;;/h6H,1-4H3;4-5H,3H2,1-2H3;3H,1-2H3;2*1H;/q2*-1;;;;+2. The van der Waals surface area contributed by atoms with E-state index in [1.807, 2.05) is 13.8 Å². The predicted octanol–water partition coefficient (Wildman–Crippen LogP) is 5.92. The van der Waals surface area contributed by atoms with Crippen LogP contribution in [-0.4, -0.2) is 15.6 Å². The fraction of sp³-hybridized carbons (Fsp3) is 0.733. The Bertz CT molecular complexity index is 267. The van der Waals surface area contributed by atoms with E-state index < -0.39 is 0 Å². The molecule has 2 unspecified atom stereocenters. The van der Waals surface area contributed by atoms with Gasteiger partial charge in [-0.05, 0) is 0 Å². The van der Waals surface area contributed by atoms with Crippen molar-refractivity contribution in [1.82, 2.24) is 0 Å². The Kier molecular flexibility index (Phi) is 32.7. The van der Waals surface area contributed by atoms with Crippen molar-refractivity contribution >= 4 is 34.3 Å². The van der Waals surface area contributed by atoms with Gasteiger partial charge in [0, 0.05) is 9.52 Å². The molecule has 1 aliphatic carbocycles. The second-order valence-electron chi connectivity index (χ2n) is 4.69. The molecule has 0 amide bonds. The van der Waals surface area contributed by atoms with Crippen LogP contribution in [0.5, 0.6) is 0 Å². The zero-order valence-electron chi connectivity index (χ0n) is 14.3. The van der Waals surface area contributed by atoms with Gasteiger partial charge in [0.25, 0.3) is 0 Å². The summed E-state index contributed by atoms with van der Waals surface area (Å²) in [6.45, 7) is 17.0. The van der Waals surface area contributed by atoms with Crippen LogP contribution in [0.15, 0.2) is 16.7 Å². The quantitative estimate of drug-likeness (QED) is 0.403. The minimum Gasteiger partial charge on any atom is -0.675 e. The summed E-state index contributed by atoms with van der Waals surface area (Å²) in [5.41, 5.74) is 11.1. The summed E-state index contributed by atoms with van der Waals surface area (Å²) >= 11 is 0. The molecular formula is C15H32Cl2NSiTi. The number of halogens is 2. The van der Waals surface area contributed by atoms with E-state index in [2.05, 4.69) is 46.9 Å². The fourth-order valence-corrected chi connectivity index (χ4v) is 1.16. The van der Waals surface area contributed by atoms with Gasteiger partial charge >= 0.3 is 21.7 Å². The summed E-state index contributed by atoms with van der Waals surface area (Å²) in [7, 11) is 0.750. The molecule has 0 saturated carbocycles. The van der Waals surface area contributed by atoms with Crippen molar-refractivity contribution in [3.05, 3.63) is 28.5 Å². The molecule has 20 heavy (non-hydrogen) atoms. The van der Waals surface area contributed by atoms with E-state index >= 15 is 0 Å². The topological polar surface area (TPSA) is 23.8 Å². The first kappa shape index (κ1) is 32.8.